The third kappa shape index (κ3) is 1.98. The minimum absolute atomic E-state index is 0.477. The highest BCUT2D eigenvalue weighted by Gasteiger charge is 2.30. The smallest absolute Gasteiger partial charge is 0.416 e. The maximum absolute atomic E-state index is 12.1. The molecular formula is C8H8F3N. The third-order valence-corrected chi connectivity index (χ3v) is 1.45. The van der Waals surface area contributed by atoms with E-state index in [0.29, 0.717) is 5.69 Å². The molecule has 0 heterocycles. The fourth-order valence-electron chi connectivity index (χ4n) is 0.842. The molecule has 0 unspecified atom stereocenters. The summed E-state index contributed by atoms with van der Waals surface area (Å²) >= 11 is 0. The van der Waals surface area contributed by atoms with Gasteiger partial charge in [-0.1, -0.05) is 6.07 Å². The Labute approximate surface area is 68.2 Å². The predicted molar refractivity (Wildman–Crippen MR) is 38.4 cm³/mol. The van der Waals surface area contributed by atoms with Gasteiger partial charge in [-0.3, -0.25) is 0 Å². The van der Waals surface area contributed by atoms with E-state index in [1.165, 1.54) is 11.4 Å². The molecule has 0 atom stereocenters. The Balaban J connectivity index is 3.02. The second-order valence-corrected chi connectivity index (χ2v) is 2.33. The normalized spacial score (nSPS) is 11.7. The summed E-state index contributed by atoms with van der Waals surface area (Å²) in [5.74, 6) is 0. The summed E-state index contributed by atoms with van der Waals surface area (Å²) in [6, 6.07) is 5.03. The number of hydrogen-bond donors (Lipinski definition) is 1. The lowest BCUT2D eigenvalue weighted by Crippen LogP contribution is -2.69. The fraction of sp³-hybridized carbons (Fsp3) is 0.125. The van der Waals surface area contributed by atoms with Crippen LogP contribution in [0.25, 0.3) is 0 Å². The van der Waals surface area contributed by atoms with Crippen molar-refractivity contribution in [2.24, 2.45) is 0 Å². The molecule has 1 rings (SSSR count). The Bertz CT molecular complexity index is 267. The monoisotopic (exact) mass is 175 g/mol. The topological polar surface area (TPSA) is 16.6 Å². The number of quaternary nitrogens is 1. The first-order chi connectivity index (χ1) is 5.54. The van der Waals surface area contributed by atoms with Crippen LogP contribution in [0.3, 0.4) is 0 Å². The van der Waals surface area contributed by atoms with Crippen molar-refractivity contribution in [3.8, 4) is 0 Å². The lowest BCUT2D eigenvalue weighted by Gasteiger charge is -2.07. The van der Waals surface area contributed by atoms with Crippen molar-refractivity contribution in [1.29, 1.82) is 0 Å². The van der Waals surface area contributed by atoms with Gasteiger partial charge in [-0.2, -0.15) is 13.2 Å². The van der Waals surface area contributed by atoms with Crippen LogP contribution in [-0.2, 0) is 6.18 Å². The quantitative estimate of drug-likeness (QED) is 0.494. The fourth-order valence-corrected chi connectivity index (χ4v) is 0.842. The van der Waals surface area contributed by atoms with Crippen LogP contribution in [0.4, 0.5) is 18.9 Å². The Kier molecular flexibility index (Phi) is 2.38. The third-order valence-electron chi connectivity index (χ3n) is 1.45. The Morgan fingerprint density at radius 2 is 1.92 bits per heavy atom. The van der Waals surface area contributed by atoms with E-state index in [4.69, 9.17) is 0 Å². The second kappa shape index (κ2) is 3.15. The second-order valence-electron chi connectivity index (χ2n) is 2.33. The molecule has 0 saturated heterocycles. The van der Waals surface area contributed by atoms with E-state index >= 15 is 0 Å². The molecular weight excluding hydrogens is 167 g/mol. The zero-order valence-corrected chi connectivity index (χ0v) is 6.23. The zero-order valence-electron chi connectivity index (χ0n) is 6.23. The largest absolute Gasteiger partial charge is 0.446 e. The summed E-state index contributed by atoms with van der Waals surface area (Å²) in [6.45, 7) is 0. The molecule has 0 amide bonds. The maximum atomic E-state index is 12.1. The first kappa shape index (κ1) is 9.06. The lowest BCUT2D eigenvalue weighted by atomic mass is 10.2. The standard InChI is InChI=1S/C8H8F3N/c1-12-7-4-2-3-6(5-7)8(9,10)11/h2-5H,1,12H2. The van der Waals surface area contributed by atoms with Gasteiger partial charge in [0.25, 0.3) is 0 Å². The van der Waals surface area contributed by atoms with Crippen LogP contribution in [-0.4, -0.2) is 0 Å². The first-order valence-electron chi connectivity index (χ1n) is 3.34. The Morgan fingerprint density at radius 3 is 2.42 bits per heavy atom. The van der Waals surface area contributed by atoms with E-state index < -0.39 is 11.7 Å². The molecule has 1 aromatic carbocycles. The Hall–Kier alpha value is -1.03. The van der Waals surface area contributed by atoms with Crippen molar-refractivity contribution in [1.82, 2.24) is 0 Å². The summed E-state index contributed by atoms with van der Waals surface area (Å²) in [4.78, 5) is 0. The minimum Gasteiger partial charge on any atom is -0.446 e. The van der Waals surface area contributed by atoms with Gasteiger partial charge in [0.2, 0.25) is 0 Å². The summed E-state index contributed by atoms with van der Waals surface area (Å²) in [7, 11) is 3.39. The molecule has 0 saturated carbocycles. The number of benzene rings is 1. The molecule has 4 heteroatoms. The van der Waals surface area contributed by atoms with Crippen LogP contribution in [0.2, 0.25) is 0 Å². The van der Waals surface area contributed by atoms with Crippen LogP contribution in [0, 0.1) is 7.05 Å². The van der Waals surface area contributed by atoms with Crippen molar-refractivity contribution in [2.75, 3.05) is 0 Å². The van der Waals surface area contributed by atoms with E-state index in [2.05, 4.69) is 7.05 Å². The molecule has 0 spiro atoms. The summed E-state index contributed by atoms with van der Waals surface area (Å²) in [6.07, 6.45) is -4.26. The van der Waals surface area contributed by atoms with E-state index in [9.17, 15) is 13.2 Å². The van der Waals surface area contributed by atoms with E-state index in [1.54, 1.807) is 6.07 Å². The highest BCUT2D eigenvalue weighted by atomic mass is 19.4. The average molecular weight is 175 g/mol. The van der Waals surface area contributed by atoms with Crippen molar-refractivity contribution < 1.29 is 18.5 Å². The van der Waals surface area contributed by atoms with Gasteiger partial charge >= 0.3 is 6.18 Å². The molecule has 0 aliphatic heterocycles. The van der Waals surface area contributed by atoms with Crippen molar-refractivity contribution in [3.63, 3.8) is 0 Å². The number of nitrogens with two attached hydrogens (primary N) is 1. The lowest BCUT2D eigenvalue weighted by molar-refractivity contribution is -0.504. The molecule has 0 radical (unpaired) electrons. The van der Waals surface area contributed by atoms with Gasteiger partial charge in [-0.15, -0.1) is 7.05 Å². The minimum atomic E-state index is -4.26. The first-order valence-corrected chi connectivity index (χ1v) is 3.34. The highest BCUT2D eigenvalue weighted by molar-refractivity contribution is 5.34. The van der Waals surface area contributed by atoms with Crippen molar-refractivity contribution in [2.45, 2.75) is 6.18 Å². The molecule has 0 fully saturated rings. The van der Waals surface area contributed by atoms with Gasteiger partial charge in [-0.05, 0) is 12.1 Å². The molecule has 2 N–H and O–H groups in total. The van der Waals surface area contributed by atoms with Gasteiger partial charge in [0.1, 0.15) is 5.69 Å². The van der Waals surface area contributed by atoms with E-state index in [0.717, 1.165) is 12.1 Å². The van der Waals surface area contributed by atoms with Crippen LogP contribution < -0.4 is 5.32 Å². The van der Waals surface area contributed by atoms with E-state index in [1.807, 2.05) is 0 Å². The van der Waals surface area contributed by atoms with Crippen LogP contribution in [0.1, 0.15) is 5.56 Å². The van der Waals surface area contributed by atoms with Crippen molar-refractivity contribution >= 4 is 5.69 Å². The van der Waals surface area contributed by atoms with E-state index in [-0.39, 0.29) is 0 Å². The van der Waals surface area contributed by atoms with Gasteiger partial charge < -0.3 is 5.32 Å². The maximum Gasteiger partial charge on any atom is 0.416 e. The predicted octanol–water partition coefficient (Wildman–Crippen LogP) is 1.69. The number of alkyl halides is 3. The molecule has 1 aromatic rings. The molecule has 0 aliphatic carbocycles. The summed E-state index contributed by atoms with van der Waals surface area (Å²) < 4.78 is 36.2. The van der Waals surface area contributed by atoms with Crippen LogP contribution in [0.15, 0.2) is 24.3 Å². The van der Waals surface area contributed by atoms with Gasteiger partial charge in [0.05, 0.1) is 5.56 Å². The average Bonchev–Trinajstić information content (AvgIpc) is 2.03. The van der Waals surface area contributed by atoms with Crippen LogP contribution in [0.5, 0.6) is 0 Å². The summed E-state index contributed by atoms with van der Waals surface area (Å²) in [5, 5.41) is 1.38. The molecule has 12 heavy (non-hydrogen) atoms. The number of rotatable bonds is 1. The van der Waals surface area contributed by atoms with Gasteiger partial charge in [0.15, 0.2) is 0 Å². The molecule has 0 bridgehead atoms. The molecule has 0 aliphatic rings. The Morgan fingerprint density at radius 1 is 1.25 bits per heavy atom. The van der Waals surface area contributed by atoms with Gasteiger partial charge in [-0.25, -0.2) is 0 Å². The van der Waals surface area contributed by atoms with Gasteiger partial charge in [0, 0.05) is 6.07 Å². The molecule has 0 aromatic heterocycles. The SMILES string of the molecule is [CH2-][NH2+]c1cccc(C(F)(F)F)c1. The van der Waals surface area contributed by atoms with Crippen molar-refractivity contribution in [3.05, 3.63) is 36.9 Å². The molecule has 66 valence electrons. The number of halogens is 3. The molecule has 1 nitrogen and oxygen atoms in total. The highest BCUT2D eigenvalue weighted by Crippen LogP contribution is 2.29. The number of hydrogen-bond acceptors (Lipinski definition) is 0. The zero-order chi connectivity index (χ0) is 9.19. The van der Waals surface area contributed by atoms with Crippen LogP contribution >= 0.6 is 0 Å². The summed E-state index contributed by atoms with van der Waals surface area (Å²) in [5.41, 5.74) is -0.162.